The summed E-state index contributed by atoms with van der Waals surface area (Å²) in [6, 6.07) is 1.06. The Morgan fingerprint density at radius 2 is 1.81 bits per heavy atom. The van der Waals surface area contributed by atoms with Gasteiger partial charge >= 0.3 is 11.9 Å². The maximum Gasteiger partial charge on any atom is 0.431 e. The third-order valence-corrected chi connectivity index (χ3v) is 3.65. The molecule has 2 rings (SSSR count). The van der Waals surface area contributed by atoms with Gasteiger partial charge in [-0.1, -0.05) is 11.6 Å². The molecule has 1 aromatic heterocycles. The monoisotopic (exact) mass is 415 g/mol. The molecule has 8 nitrogen and oxygen atoms in total. The van der Waals surface area contributed by atoms with Crippen LogP contribution in [0.25, 0.3) is 5.69 Å². The number of hydrogen-bond acceptors (Lipinski definition) is 5. The molecule has 0 aliphatic heterocycles. The van der Waals surface area contributed by atoms with Gasteiger partial charge in [0.2, 0.25) is 10.9 Å². The quantitative estimate of drug-likeness (QED) is 0.501. The maximum absolute atomic E-state index is 14.1. The number of halogens is 5. The van der Waals surface area contributed by atoms with E-state index in [1.54, 1.807) is 0 Å². The highest BCUT2D eigenvalue weighted by Crippen LogP contribution is 2.26. The fraction of sp³-hybridized carbons (Fsp3) is 0.0833. The minimum absolute atomic E-state index is 0.00507. The topological polar surface area (TPSA) is 118 Å². The standard InChI is InChI=1S/C12H6ClF4N3O5S/c13-5-2-6(14)7(1-4(5)10(22)19-26(24)25)20-9(21)3-8(12(15,16)17)18-11(20)23/h1-3,26H,(H,18,23)(H,19,22,24,25). The van der Waals surface area contributed by atoms with Crippen LogP contribution in [0.1, 0.15) is 16.1 Å². The normalized spacial score (nSPS) is 11.6. The number of benzene rings is 1. The number of amides is 1. The van der Waals surface area contributed by atoms with E-state index in [4.69, 9.17) is 11.6 Å². The van der Waals surface area contributed by atoms with Gasteiger partial charge in [-0.2, -0.15) is 13.2 Å². The molecule has 0 saturated carbocycles. The van der Waals surface area contributed by atoms with Gasteiger partial charge in [-0.3, -0.25) is 14.3 Å². The summed E-state index contributed by atoms with van der Waals surface area (Å²) >= 11 is 5.61. The fourth-order valence-electron chi connectivity index (χ4n) is 1.90. The molecular formula is C12H6ClF4N3O5S. The van der Waals surface area contributed by atoms with Gasteiger partial charge in [0.1, 0.15) is 11.5 Å². The number of aromatic nitrogens is 2. The Balaban J connectivity index is 2.72. The van der Waals surface area contributed by atoms with Crippen molar-refractivity contribution in [1.29, 1.82) is 0 Å². The van der Waals surface area contributed by atoms with Crippen molar-refractivity contribution in [3.05, 3.63) is 61.1 Å². The van der Waals surface area contributed by atoms with Crippen LogP contribution in [0.15, 0.2) is 27.8 Å². The van der Waals surface area contributed by atoms with Crippen molar-refractivity contribution < 1.29 is 30.8 Å². The summed E-state index contributed by atoms with van der Waals surface area (Å²) in [5.41, 5.74) is -6.36. The van der Waals surface area contributed by atoms with Crippen LogP contribution < -0.4 is 16.0 Å². The molecule has 0 aliphatic rings. The Bertz CT molecular complexity index is 1050. The van der Waals surface area contributed by atoms with Gasteiger partial charge in [0, 0.05) is 6.07 Å². The van der Waals surface area contributed by atoms with Gasteiger partial charge in [-0.05, 0) is 12.1 Å². The van der Waals surface area contributed by atoms with Crippen molar-refractivity contribution in [2.45, 2.75) is 6.18 Å². The number of carbonyl (C=O) groups is 1. The smallest absolute Gasteiger partial charge is 0.303 e. The average Bonchev–Trinajstić information content (AvgIpc) is 2.46. The zero-order valence-corrected chi connectivity index (χ0v) is 13.7. The van der Waals surface area contributed by atoms with Gasteiger partial charge in [-0.25, -0.2) is 22.2 Å². The molecule has 1 aromatic carbocycles. The van der Waals surface area contributed by atoms with Gasteiger partial charge < -0.3 is 4.98 Å². The van der Waals surface area contributed by atoms with Crippen LogP contribution in [0.4, 0.5) is 17.6 Å². The van der Waals surface area contributed by atoms with E-state index in [1.165, 1.54) is 9.71 Å². The highest BCUT2D eigenvalue weighted by Gasteiger charge is 2.33. The first-order valence-corrected chi connectivity index (χ1v) is 7.85. The molecule has 0 radical (unpaired) electrons. The number of aromatic amines is 1. The minimum Gasteiger partial charge on any atom is -0.303 e. The number of rotatable bonds is 3. The van der Waals surface area contributed by atoms with E-state index in [2.05, 4.69) is 0 Å². The molecule has 1 amide bonds. The van der Waals surface area contributed by atoms with E-state index >= 15 is 0 Å². The Labute approximate surface area is 147 Å². The zero-order valence-electron chi connectivity index (χ0n) is 12.1. The Hall–Kier alpha value is -2.67. The second-order valence-electron chi connectivity index (χ2n) is 4.64. The van der Waals surface area contributed by atoms with Crippen LogP contribution in [0.5, 0.6) is 0 Å². The molecule has 0 atom stereocenters. The summed E-state index contributed by atoms with van der Waals surface area (Å²) in [5.74, 6) is -2.62. The van der Waals surface area contributed by atoms with Gasteiger partial charge in [-0.15, -0.1) is 0 Å². The SMILES string of the molecule is O=C(N[SH](=O)=O)c1cc(-n2c(=O)cc(C(F)(F)F)[nH]c2=O)c(F)cc1Cl. The number of carbonyl (C=O) groups excluding carboxylic acids is 1. The van der Waals surface area contributed by atoms with Gasteiger partial charge in [0.05, 0.1) is 16.3 Å². The van der Waals surface area contributed by atoms with Crippen LogP contribution in [0.3, 0.4) is 0 Å². The van der Waals surface area contributed by atoms with E-state index in [0.717, 1.165) is 0 Å². The number of hydrogen-bond donors (Lipinski definition) is 3. The summed E-state index contributed by atoms with van der Waals surface area (Å²) in [7, 11) is -3.39. The Morgan fingerprint density at radius 3 is 2.31 bits per heavy atom. The number of nitrogens with zero attached hydrogens (tertiary/aromatic N) is 1. The number of alkyl halides is 3. The van der Waals surface area contributed by atoms with Crippen molar-refractivity contribution in [3.63, 3.8) is 0 Å². The maximum atomic E-state index is 14.1. The molecule has 0 spiro atoms. The van der Waals surface area contributed by atoms with E-state index in [-0.39, 0.29) is 10.6 Å². The van der Waals surface area contributed by atoms with E-state index in [9.17, 15) is 40.4 Å². The molecule has 0 saturated heterocycles. The molecule has 26 heavy (non-hydrogen) atoms. The molecule has 0 aliphatic carbocycles. The lowest BCUT2D eigenvalue weighted by Gasteiger charge is -2.11. The summed E-state index contributed by atoms with van der Waals surface area (Å²) in [4.78, 5) is 36.7. The van der Waals surface area contributed by atoms with Crippen LogP contribution in [0.2, 0.25) is 5.02 Å². The Morgan fingerprint density at radius 1 is 1.19 bits per heavy atom. The summed E-state index contributed by atoms with van der Waals surface area (Å²) in [6.45, 7) is 0. The second kappa shape index (κ2) is 6.92. The molecule has 0 bridgehead atoms. The van der Waals surface area contributed by atoms with Crippen LogP contribution in [-0.2, 0) is 17.1 Å². The summed E-state index contributed by atoms with van der Waals surface area (Å²) in [5, 5.41) is -0.558. The average molecular weight is 416 g/mol. The van der Waals surface area contributed by atoms with Crippen LogP contribution in [0, 0.1) is 5.82 Å². The van der Waals surface area contributed by atoms with E-state index < -0.39 is 62.0 Å². The van der Waals surface area contributed by atoms with Crippen molar-refractivity contribution in [2.75, 3.05) is 0 Å². The molecule has 0 fully saturated rings. The molecule has 1 heterocycles. The number of H-pyrrole nitrogens is 1. The minimum atomic E-state index is -5.03. The van der Waals surface area contributed by atoms with Crippen molar-refractivity contribution in [1.82, 2.24) is 14.3 Å². The highest BCUT2D eigenvalue weighted by molar-refractivity contribution is 7.71. The van der Waals surface area contributed by atoms with E-state index in [0.29, 0.717) is 12.1 Å². The van der Waals surface area contributed by atoms with Crippen molar-refractivity contribution in [2.24, 2.45) is 0 Å². The lowest BCUT2D eigenvalue weighted by atomic mass is 10.1. The lowest BCUT2D eigenvalue weighted by molar-refractivity contribution is -0.141. The van der Waals surface area contributed by atoms with Crippen molar-refractivity contribution >= 4 is 28.4 Å². The van der Waals surface area contributed by atoms with Crippen LogP contribution >= 0.6 is 11.6 Å². The fourth-order valence-corrected chi connectivity index (χ4v) is 2.42. The second-order valence-corrected chi connectivity index (χ2v) is 5.79. The predicted molar refractivity (Wildman–Crippen MR) is 80.4 cm³/mol. The molecule has 14 heteroatoms. The molecule has 140 valence electrons. The third-order valence-electron chi connectivity index (χ3n) is 2.95. The number of thiol groups is 1. The first-order chi connectivity index (χ1) is 11.9. The lowest BCUT2D eigenvalue weighted by Crippen LogP contribution is -2.36. The molecule has 0 unspecified atom stereocenters. The van der Waals surface area contributed by atoms with Gasteiger partial charge in [0.25, 0.3) is 11.5 Å². The summed E-state index contributed by atoms with van der Waals surface area (Å²) in [6.07, 6.45) is -5.03. The molecule has 2 N–H and O–H groups in total. The molecular weight excluding hydrogens is 410 g/mol. The third kappa shape index (κ3) is 3.94. The van der Waals surface area contributed by atoms with E-state index in [1.807, 2.05) is 0 Å². The van der Waals surface area contributed by atoms with Gasteiger partial charge in [0.15, 0.2) is 0 Å². The number of nitrogens with one attached hydrogen (secondary N) is 2. The first-order valence-electron chi connectivity index (χ1n) is 6.30. The van der Waals surface area contributed by atoms with Crippen LogP contribution in [-0.4, -0.2) is 23.9 Å². The largest absolute Gasteiger partial charge is 0.431 e. The zero-order chi connectivity index (χ0) is 19.8. The van der Waals surface area contributed by atoms with Crippen molar-refractivity contribution in [3.8, 4) is 5.69 Å². The summed E-state index contributed by atoms with van der Waals surface area (Å²) < 4.78 is 74.3. The Kier molecular flexibility index (Phi) is 5.23. The highest BCUT2D eigenvalue weighted by atomic mass is 35.5. The predicted octanol–water partition coefficient (Wildman–Crippen LogP) is 0.593. The first kappa shape index (κ1) is 19.7. The molecule has 2 aromatic rings.